The zero-order valence-corrected chi connectivity index (χ0v) is 8.89. The Morgan fingerprint density at radius 2 is 2.38 bits per heavy atom. The summed E-state index contributed by atoms with van der Waals surface area (Å²) in [6.07, 6.45) is 6.90. The molecular formula is C11H14N4O. The molecule has 5 heteroatoms. The van der Waals surface area contributed by atoms with Gasteiger partial charge in [0.05, 0.1) is 12.3 Å². The van der Waals surface area contributed by atoms with Crippen molar-refractivity contribution in [1.29, 1.82) is 0 Å². The highest BCUT2D eigenvalue weighted by molar-refractivity contribution is 5.84. The summed E-state index contributed by atoms with van der Waals surface area (Å²) in [7, 11) is 0. The van der Waals surface area contributed by atoms with Gasteiger partial charge in [0.25, 0.3) is 5.91 Å². The molecule has 5 nitrogen and oxygen atoms in total. The van der Waals surface area contributed by atoms with Gasteiger partial charge in [-0.2, -0.15) is 5.10 Å². The number of nitrogens with one attached hydrogen (secondary N) is 2. The van der Waals surface area contributed by atoms with E-state index in [9.17, 15) is 4.79 Å². The lowest BCUT2D eigenvalue weighted by molar-refractivity contribution is -0.122. The van der Waals surface area contributed by atoms with Crippen LogP contribution in [0, 0.1) is 0 Å². The normalized spacial score (nSPS) is 20.1. The molecule has 0 aliphatic carbocycles. The van der Waals surface area contributed by atoms with E-state index >= 15 is 0 Å². The Bertz CT molecular complexity index is 371. The smallest absolute Gasteiger partial charge is 0.257 e. The van der Waals surface area contributed by atoms with Gasteiger partial charge in [0.15, 0.2) is 0 Å². The van der Waals surface area contributed by atoms with E-state index in [1.165, 1.54) is 0 Å². The second-order valence-electron chi connectivity index (χ2n) is 3.66. The number of pyridine rings is 1. The highest BCUT2D eigenvalue weighted by Gasteiger charge is 2.21. The minimum atomic E-state index is -0.0883. The van der Waals surface area contributed by atoms with Crippen LogP contribution in [0.5, 0.6) is 0 Å². The first-order chi connectivity index (χ1) is 7.86. The second kappa shape index (κ2) is 5.37. The van der Waals surface area contributed by atoms with E-state index in [4.69, 9.17) is 0 Å². The van der Waals surface area contributed by atoms with Crippen molar-refractivity contribution in [2.24, 2.45) is 5.10 Å². The number of amides is 1. The standard InChI is InChI=1S/C11H14N4O/c16-11(10-2-1-5-13-10)15-14-8-9-3-6-12-7-4-9/h3-4,6-8,10,13H,1-2,5H2,(H,15,16)/b14-8-. The molecule has 0 aromatic carbocycles. The van der Waals surface area contributed by atoms with Crippen LogP contribution in [-0.4, -0.2) is 29.7 Å². The highest BCUT2D eigenvalue weighted by Crippen LogP contribution is 2.04. The lowest BCUT2D eigenvalue weighted by Gasteiger charge is -2.06. The number of hydrogen-bond acceptors (Lipinski definition) is 4. The Hall–Kier alpha value is -1.75. The average molecular weight is 218 g/mol. The summed E-state index contributed by atoms with van der Waals surface area (Å²) in [5.41, 5.74) is 3.43. The van der Waals surface area contributed by atoms with Crippen LogP contribution >= 0.6 is 0 Å². The van der Waals surface area contributed by atoms with Crippen molar-refractivity contribution < 1.29 is 4.79 Å². The third-order valence-corrected chi connectivity index (χ3v) is 2.47. The topological polar surface area (TPSA) is 66.4 Å². The van der Waals surface area contributed by atoms with Gasteiger partial charge in [0.2, 0.25) is 0 Å². The number of carbonyl (C=O) groups excluding carboxylic acids is 1. The number of nitrogens with zero attached hydrogens (tertiary/aromatic N) is 2. The predicted octanol–water partition coefficient (Wildman–Crippen LogP) is 0.284. The molecule has 0 spiro atoms. The van der Waals surface area contributed by atoms with Crippen LogP contribution in [0.4, 0.5) is 0 Å². The average Bonchev–Trinajstić information content (AvgIpc) is 2.84. The zero-order valence-electron chi connectivity index (χ0n) is 8.89. The summed E-state index contributed by atoms with van der Waals surface area (Å²) in [6.45, 7) is 0.909. The second-order valence-corrected chi connectivity index (χ2v) is 3.66. The predicted molar refractivity (Wildman–Crippen MR) is 61.0 cm³/mol. The van der Waals surface area contributed by atoms with Gasteiger partial charge in [-0.1, -0.05) is 0 Å². The van der Waals surface area contributed by atoms with Gasteiger partial charge in [-0.3, -0.25) is 9.78 Å². The third-order valence-electron chi connectivity index (χ3n) is 2.47. The van der Waals surface area contributed by atoms with Crippen LogP contribution in [0.3, 0.4) is 0 Å². The van der Waals surface area contributed by atoms with Crippen LogP contribution in [0.2, 0.25) is 0 Å². The molecule has 1 aromatic rings. The molecule has 1 fully saturated rings. The minimum Gasteiger partial charge on any atom is -0.306 e. The van der Waals surface area contributed by atoms with Crippen molar-refractivity contribution in [2.75, 3.05) is 6.54 Å². The number of hydrogen-bond donors (Lipinski definition) is 2. The van der Waals surface area contributed by atoms with Crippen molar-refractivity contribution in [1.82, 2.24) is 15.7 Å². The van der Waals surface area contributed by atoms with Gasteiger partial charge in [-0.15, -0.1) is 0 Å². The molecule has 1 saturated heterocycles. The first-order valence-electron chi connectivity index (χ1n) is 5.32. The van der Waals surface area contributed by atoms with Crippen LogP contribution in [0.15, 0.2) is 29.6 Å². The quantitative estimate of drug-likeness (QED) is 0.566. The van der Waals surface area contributed by atoms with Crippen LogP contribution < -0.4 is 10.7 Å². The molecule has 2 N–H and O–H groups in total. The fourth-order valence-electron chi connectivity index (χ4n) is 1.61. The Balaban J connectivity index is 1.82. The zero-order chi connectivity index (χ0) is 11.2. The molecule has 0 bridgehead atoms. The first-order valence-corrected chi connectivity index (χ1v) is 5.32. The molecule has 16 heavy (non-hydrogen) atoms. The Morgan fingerprint density at radius 1 is 1.56 bits per heavy atom. The van der Waals surface area contributed by atoms with Crippen LogP contribution in [0.25, 0.3) is 0 Å². The third kappa shape index (κ3) is 2.87. The molecule has 1 aromatic heterocycles. The van der Waals surface area contributed by atoms with E-state index in [0.29, 0.717) is 0 Å². The molecule has 1 atom stereocenters. The van der Waals surface area contributed by atoms with Crippen molar-refractivity contribution in [3.8, 4) is 0 Å². The van der Waals surface area contributed by atoms with E-state index in [0.717, 1.165) is 24.9 Å². The number of rotatable bonds is 3. The summed E-state index contributed by atoms with van der Waals surface area (Å²) in [5, 5.41) is 7.00. The van der Waals surface area contributed by atoms with Crippen molar-refractivity contribution in [2.45, 2.75) is 18.9 Å². The highest BCUT2D eigenvalue weighted by atomic mass is 16.2. The molecule has 0 saturated carbocycles. The van der Waals surface area contributed by atoms with Crippen molar-refractivity contribution >= 4 is 12.1 Å². The monoisotopic (exact) mass is 218 g/mol. The molecule has 1 unspecified atom stereocenters. The van der Waals surface area contributed by atoms with E-state index in [1.807, 2.05) is 12.1 Å². The molecular weight excluding hydrogens is 204 g/mol. The van der Waals surface area contributed by atoms with Crippen molar-refractivity contribution in [3.63, 3.8) is 0 Å². The summed E-state index contributed by atoms with van der Waals surface area (Å²) >= 11 is 0. The van der Waals surface area contributed by atoms with Gasteiger partial charge in [-0.05, 0) is 37.1 Å². The summed E-state index contributed by atoms with van der Waals surface area (Å²) in [6, 6.07) is 3.56. The minimum absolute atomic E-state index is 0.0668. The van der Waals surface area contributed by atoms with Gasteiger partial charge in [0.1, 0.15) is 0 Å². The van der Waals surface area contributed by atoms with Crippen molar-refractivity contribution in [3.05, 3.63) is 30.1 Å². The van der Waals surface area contributed by atoms with E-state index in [2.05, 4.69) is 20.8 Å². The first kappa shape index (κ1) is 10.8. The van der Waals surface area contributed by atoms with Gasteiger partial charge in [0, 0.05) is 12.4 Å². The van der Waals surface area contributed by atoms with E-state index < -0.39 is 0 Å². The molecule has 2 heterocycles. The molecule has 1 aliphatic rings. The maximum absolute atomic E-state index is 11.5. The maximum Gasteiger partial charge on any atom is 0.257 e. The fraction of sp³-hybridized carbons (Fsp3) is 0.364. The fourth-order valence-corrected chi connectivity index (χ4v) is 1.61. The molecule has 1 aliphatic heterocycles. The lowest BCUT2D eigenvalue weighted by atomic mass is 10.2. The SMILES string of the molecule is O=C(N/N=C\c1ccncc1)C1CCCN1. The van der Waals surface area contributed by atoms with E-state index in [1.54, 1.807) is 18.6 Å². The summed E-state index contributed by atoms with van der Waals surface area (Å²) in [4.78, 5) is 15.4. The molecule has 2 rings (SSSR count). The van der Waals surface area contributed by atoms with Gasteiger partial charge >= 0.3 is 0 Å². The van der Waals surface area contributed by atoms with Gasteiger partial charge in [-0.25, -0.2) is 5.43 Å². The Morgan fingerprint density at radius 3 is 3.06 bits per heavy atom. The lowest BCUT2D eigenvalue weighted by Crippen LogP contribution is -2.38. The number of aromatic nitrogens is 1. The van der Waals surface area contributed by atoms with Crippen LogP contribution in [-0.2, 0) is 4.79 Å². The van der Waals surface area contributed by atoms with Crippen LogP contribution in [0.1, 0.15) is 18.4 Å². The largest absolute Gasteiger partial charge is 0.306 e. The molecule has 84 valence electrons. The molecule has 1 amide bonds. The molecule has 0 radical (unpaired) electrons. The summed E-state index contributed by atoms with van der Waals surface area (Å²) < 4.78 is 0. The Kier molecular flexibility index (Phi) is 3.61. The number of carbonyl (C=O) groups is 1. The van der Waals surface area contributed by atoms with Gasteiger partial charge < -0.3 is 5.32 Å². The summed E-state index contributed by atoms with van der Waals surface area (Å²) in [5.74, 6) is -0.0668. The Labute approximate surface area is 94.0 Å². The maximum atomic E-state index is 11.5. The van der Waals surface area contributed by atoms with E-state index in [-0.39, 0.29) is 11.9 Å². The number of hydrazone groups is 1.